The SMILES string of the molecule is CC(=NNC(=O)c1ccco1)c1ccc(NC(=O)C(C)Oc2ccc(Cl)cc2C)cc1. The second-order valence-corrected chi connectivity index (χ2v) is 7.29. The Labute approximate surface area is 185 Å². The van der Waals surface area contributed by atoms with Gasteiger partial charge in [0.25, 0.3) is 5.91 Å². The summed E-state index contributed by atoms with van der Waals surface area (Å²) in [5.74, 6) is 0.0712. The van der Waals surface area contributed by atoms with Gasteiger partial charge in [0.15, 0.2) is 11.9 Å². The number of rotatable bonds is 7. The van der Waals surface area contributed by atoms with Gasteiger partial charge in [-0.3, -0.25) is 9.59 Å². The van der Waals surface area contributed by atoms with E-state index in [1.165, 1.54) is 6.26 Å². The molecule has 1 unspecified atom stereocenters. The second kappa shape index (κ2) is 9.95. The van der Waals surface area contributed by atoms with Crippen LogP contribution in [0.15, 0.2) is 70.4 Å². The average Bonchev–Trinajstić information content (AvgIpc) is 3.29. The average molecular weight is 440 g/mol. The maximum atomic E-state index is 12.5. The van der Waals surface area contributed by atoms with E-state index in [1.54, 1.807) is 68.4 Å². The summed E-state index contributed by atoms with van der Waals surface area (Å²) in [6.07, 6.45) is 0.723. The molecule has 3 rings (SSSR count). The van der Waals surface area contributed by atoms with Crippen molar-refractivity contribution in [2.75, 3.05) is 5.32 Å². The van der Waals surface area contributed by atoms with Crippen LogP contribution in [0.4, 0.5) is 5.69 Å². The second-order valence-electron chi connectivity index (χ2n) is 6.85. The topological polar surface area (TPSA) is 92.9 Å². The van der Waals surface area contributed by atoms with Gasteiger partial charge in [0.05, 0.1) is 12.0 Å². The lowest BCUT2D eigenvalue weighted by molar-refractivity contribution is -0.122. The summed E-state index contributed by atoms with van der Waals surface area (Å²) >= 11 is 5.95. The van der Waals surface area contributed by atoms with Crippen molar-refractivity contribution >= 4 is 34.8 Å². The fourth-order valence-electron chi connectivity index (χ4n) is 2.69. The molecule has 0 saturated heterocycles. The highest BCUT2D eigenvalue weighted by Crippen LogP contribution is 2.23. The molecular weight excluding hydrogens is 418 g/mol. The third-order valence-electron chi connectivity index (χ3n) is 4.45. The van der Waals surface area contributed by atoms with Crippen LogP contribution in [0.1, 0.15) is 35.5 Å². The first-order chi connectivity index (χ1) is 14.8. The molecule has 0 fully saturated rings. The van der Waals surface area contributed by atoms with Crippen molar-refractivity contribution in [3.63, 3.8) is 0 Å². The third-order valence-corrected chi connectivity index (χ3v) is 4.69. The molecular formula is C23H22ClN3O4. The van der Waals surface area contributed by atoms with E-state index >= 15 is 0 Å². The molecule has 0 radical (unpaired) electrons. The van der Waals surface area contributed by atoms with Gasteiger partial charge in [0.2, 0.25) is 0 Å². The lowest BCUT2D eigenvalue weighted by Gasteiger charge is -2.16. The van der Waals surface area contributed by atoms with Crippen LogP contribution in [0.25, 0.3) is 0 Å². The van der Waals surface area contributed by atoms with E-state index in [4.69, 9.17) is 20.8 Å². The number of benzene rings is 2. The molecule has 1 heterocycles. The molecule has 7 nitrogen and oxygen atoms in total. The summed E-state index contributed by atoms with van der Waals surface area (Å²) in [6, 6.07) is 15.5. The largest absolute Gasteiger partial charge is 0.481 e. The molecule has 8 heteroatoms. The van der Waals surface area contributed by atoms with E-state index < -0.39 is 12.0 Å². The zero-order valence-corrected chi connectivity index (χ0v) is 18.1. The van der Waals surface area contributed by atoms with Crippen molar-refractivity contribution in [3.8, 4) is 5.75 Å². The Morgan fingerprint density at radius 1 is 1.13 bits per heavy atom. The summed E-state index contributed by atoms with van der Waals surface area (Å²) in [7, 11) is 0. The van der Waals surface area contributed by atoms with E-state index in [0.717, 1.165) is 11.1 Å². The minimum Gasteiger partial charge on any atom is -0.481 e. The van der Waals surface area contributed by atoms with Gasteiger partial charge in [0.1, 0.15) is 5.75 Å². The van der Waals surface area contributed by atoms with Crippen LogP contribution in [-0.2, 0) is 4.79 Å². The van der Waals surface area contributed by atoms with Crippen molar-refractivity contribution in [2.45, 2.75) is 26.9 Å². The number of carbonyl (C=O) groups excluding carboxylic acids is 2. The number of halogens is 1. The number of anilines is 1. The molecule has 1 aromatic heterocycles. The van der Waals surface area contributed by atoms with Crippen molar-refractivity contribution < 1.29 is 18.7 Å². The highest BCUT2D eigenvalue weighted by atomic mass is 35.5. The zero-order valence-electron chi connectivity index (χ0n) is 17.3. The Balaban J connectivity index is 1.57. The van der Waals surface area contributed by atoms with E-state index in [9.17, 15) is 9.59 Å². The molecule has 0 bridgehead atoms. The summed E-state index contributed by atoms with van der Waals surface area (Å²) in [4.78, 5) is 24.3. The predicted octanol–water partition coefficient (Wildman–Crippen LogP) is 4.80. The standard InChI is InChI=1S/C23H22ClN3O4/c1-14-13-18(24)8-11-20(14)31-16(3)22(28)25-19-9-6-17(7-10-19)15(2)26-27-23(29)21-5-4-12-30-21/h4-13,16H,1-3H3,(H,25,28)(H,27,29). The number of carbonyl (C=O) groups is 2. The zero-order chi connectivity index (χ0) is 22.4. The smallest absolute Gasteiger partial charge is 0.307 e. The Morgan fingerprint density at radius 3 is 2.52 bits per heavy atom. The van der Waals surface area contributed by atoms with Crippen LogP contribution in [0.3, 0.4) is 0 Å². The highest BCUT2D eigenvalue weighted by molar-refractivity contribution is 6.30. The van der Waals surface area contributed by atoms with Crippen LogP contribution in [0, 0.1) is 6.92 Å². The number of hydrazone groups is 1. The van der Waals surface area contributed by atoms with Crippen LogP contribution >= 0.6 is 11.6 Å². The van der Waals surface area contributed by atoms with Crippen LogP contribution < -0.4 is 15.5 Å². The molecule has 2 amide bonds. The molecule has 2 aromatic carbocycles. The Kier molecular flexibility index (Phi) is 7.10. The van der Waals surface area contributed by atoms with Gasteiger partial charge in [-0.25, -0.2) is 5.43 Å². The number of nitrogens with one attached hydrogen (secondary N) is 2. The van der Waals surface area contributed by atoms with Crippen LogP contribution in [0.2, 0.25) is 5.02 Å². The van der Waals surface area contributed by atoms with Crippen molar-refractivity contribution in [1.82, 2.24) is 5.43 Å². The molecule has 3 aromatic rings. The minimum absolute atomic E-state index is 0.180. The molecule has 1 atom stereocenters. The van der Waals surface area contributed by atoms with Crippen molar-refractivity contribution in [3.05, 3.63) is 82.8 Å². The summed E-state index contributed by atoms with van der Waals surface area (Å²) in [6.45, 7) is 5.31. The first-order valence-electron chi connectivity index (χ1n) is 9.55. The maximum absolute atomic E-state index is 12.5. The predicted molar refractivity (Wildman–Crippen MR) is 120 cm³/mol. The van der Waals surface area contributed by atoms with Gasteiger partial charge in [-0.05, 0) is 74.4 Å². The van der Waals surface area contributed by atoms with Gasteiger partial charge in [-0.1, -0.05) is 23.7 Å². The first-order valence-corrected chi connectivity index (χ1v) is 9.93. The number of aryl methyl sites for hydroxylation is 1. The fourth-order valence-corrected chi connectivity index (χ4v) is 2.92. The Bertz CT molecular complexity index is 1090. The molecule has 0 saturated carbocycles. The minimum atomic E-state index is -0.695. The number of ether oxygens (including phenoxy) is 1. The summed E-state index contributed by atoms with van der Waals surface area (Å²) < 4.78 is 10.8. The summed E-state index contributed by atoms with van der Waals surface area (Å²) in [5, 5.41) is 7.50. The summed E-state index contributed by atoms with van der Waals surface area (Å²) in [5.41, 5.74) is 5.30. The van der Waals surface area contributed by atoms with Crippen LogP contribution in [0.5, 0.6) is 5.75 Å². The normalized spacial score (nSPS) is 12.2. The Morgan fingerprint density at radius 2 is 1.87 bits per heavy atom. The fraction of sp³-hybridized carbons (Fsp3) is 0.174. The van der Waals surface area contributed by atoms with E-state index in [1.807, 2.05) is 6.92 Å². The van der Waals surface area contributed by atoms with Gasteiger partial charge < -0.3 is 14.5 Å². The van der Waals surface area contributed by atoms with E-state index in [0.29, 0.717) is 22.2 Å². The molecule has 0 aliphatic heterocycles. The molecule has 0 aliphatic rings. The van der Waals surface area contributed by atoms with Gasteiger partial charge >= 0.3 is 5.91 Å². The van der Waals surface area contributed by atoms with E-state index in [2.05, 4.69) is 15.8 Å². The highest BCUT2D eigenvalue weighted by Gasteiger charge is 2.16. The number of hydrogen-bond acceptors (Lipinski definition) is 5. The van der Waals surface area contributed by atoms with Crippen LogP contribution in [-0.4, -0.2) is 23.6 Å². The quantitative estimate of drug-likeness (QED) is 0.408. The first kappa shape index (κ1) is 22.1. The lowest BCUT2D eigenvalue weighted by atomic mass is 10.1. The number of amides is 2. The number of furan rings is 1. The number of nitrogens with zero attached hydrogens (tertiary/aromatic N) is 1. The van der Waals surface area contributed by atoms with Gasteiger partial charge in [-0.15, -0.1) is 0 Å². The molecule has 31 heavy (non-hydrogen) atoms. The lowest BCUT2D eigenvalue weighted by Crippen LogP contribution is -2.30. The van der Waals surface area contributed by atoms with E-state index in [-0.39, 0.29) is 11.7 Å². The van der Waals surface area contributed by atoms with Gasteiger partial charge in [0, 0.05) is 10.7 Å². The Hall–Kier alpha value is -3.58. The van der Waals surface area contributed by atoms with Crippen molar-refractivity contribution in [2.24, 2.45) is 5.10 Å². The molecule has 0 aliphatic carbocycles. The number of hydrogen-bond donors (Lipinski definition) is 2. The monoisotopic (exact) mass is 439 g/mol. The van der Waals surface area contributed by atoms with Crippen molar-refractivity contribution in [1.29, 1.82) is 0 Å². The maximum Gasteiger partial charge on any atom is 0.307 e. The van der Waals surface area contributed by atoms with Gasteiger partial charge in [-0.2, -0.15) is 5.10 Å². The third kappa shape index (κ3) is 5.96. The molecule has 0 spiro atoms. The molecule has 160 valence electrons. The molecule has 2 N–H and O–H groups in total.